The minimum absolute atomic E-state index is 0.00958. The molecule has 3 atom stereocenters. The van der Waals surface area contributed by atoms with E-state index in [1.807, 2.05) is 37.7 Å². The zero-order valence-electron chi connectivity index (χ0n) is 14.7. The van der Waals surface area contributed by atoms with Gasteiger partial charge in [-0.25, -0.2) is 4.98 Å². The number of oxazole rings is 1. The highest BCUT2D eigenvalue weighted by molar-refractivity contribution is 5.93. The van der Waals surface area contributed by atoms with Crippen molar-refractivity contribution in [1.29, 1.82) is 0 Å². The Hall–Kier alpha value is -2.15. The van der Waals surface area contributed by atoms with Crippen LogP contribution in [0.3, 0.4) is 0 Å². The first-order valence-electron chi connectivity index (χ1n) is 8.16. The lowest BCUT2D eigenvalue weighted by atomic mass is 9.82. The highest BCUT2D eigenvalue weighted by Gasteiger charge is 2.46. The molecule has 0 spiro atoms. The largest absolute Gasteiger partial charge is 0.445 e. The zero-order chi connectivity index (χ0) is 17.5. The lowest BCUT2D eigenvalue weighted by Gasteiger charge is -2.46. The highest BCUT2D eigenvalue weighted by Crippen LogP contribution is 2.37. The standard InChI is InChI=1S/C17H24N4O3/c1-10-14(19-11(2)23-10)16(22)20-12-9-13(24-17(3,4)5)15(12)21-8-6-7-18-21/h6-8,12-13,15H,9H2,1-5H3,(H,20,22). The van der Waals surface area contributed by atoms with Crippen LogP contribution in [0.1, 0.15) is 55.4 Å². The van der Waals surface area contributed by atoms with Gasteiger partial charge in [0.05, 0.1) is 23.8 Å². The van der Waals surface area contributed by atoms with Crippen LogP contribution in [0.2, 0.25) is 0 Å². The topological polar surface area (TPSA) is 82.2 Å². The average molecular weight is 332 g/mol. The van der Waals surface area contributed by atoms with Crippen LogP contribution in [0, 0.1) is 13.8 Å². The third kappa shape index (κ3) is 3.36. The monoisotopic (exact) mass is 332 g/mol. The molecule has 3 unspecified atom stereocenters. The number of amides is 1. The molecule has 24 heavy (non-hydrogen) atoms. The predicted molar refractivity (Wildman–Crippen MR) is 87.7 cm³/mol. The van der Waals surface area contributed by atoms with Gasteiger partial charge in [-0.3, -0.25) is 9.48 Å². The molecule has 0 aromatic carbocycles. The van der Waals surface area contributed by atoms with E-state index in [0.717, 1.165) is 6.42 Å². The quantitative estimate of drug-likeness (QED) is 0.930. The summed E-state index contributed by atoms with van der Waals surface area (Å²) in [4.78, 5) is 16.6. The second-order valence-electron chi connectivity index (χ2n) is 7.20. The van der Waals surface area contributed by atoms with Crippen LogP contribution in [0.5, 0.6) is 0 Å². The number of aromatic nitrogens is 3. The van der Waals surface area contributed by atoms with Crippen LogP contribution in [-0.2, 0) is 4.74 Å². The minimum atomic E-state index is -0.245. The molecule has 7 nitrogen and oxygen atoms in total. The third-order valence-corrected chi connectivity index (χ3v) is 4.05. The fourth-order valence-electron chi connectivity index (χ4n) is 3.10. The summed E-state index contributed by atoms with van der Waals surface area (Å²) >= 11 is 0. The summed E-state index contributed by atoms with van der Waals surface area (Å²) in [6, 6.07) is 1.79. The Morgan fingerprint density at radius 2 is 2.17 bits per heavy atom. The maximum atomic E-state index is 12.5. The molecular formula is C17H24N4O3. The van der Waals surface area contributed by atoms with Crippen molar-refractivity contribution in [3.63, 3.8) is 0 Å². The number of ether oxygens (including phenoxy) is 1. The SMILES string of the molecule is Cc1nc(C(=O)NC2CC(OC(C)(C)C)C2n2cccn2)c(C)o1. The molecule has 2 aromatic rings. The van der Waals surface area contributed by atoms with Crippen LogP contribution < -0.4 is 5.32 Å². The molecule has 1 N–H and O–H groups in total. The van der Waals surface area contributed by atoms with E-state index in [0.29, 0.717) is 17.3 Å². The first-order chi connectivity index (χ1) is 11.2. The Morgan fingerprint density at radius 1 is 1.42 bits per heavy atom. The van der Waals surface area contributed by atoms with Crippen molar-refractivity contribution in [2.45, 2.75) is 64.8 Å². The smallest absolute Gasteiger partial charge is 0.273 e. The zero-order valence-corrected chi connectivity index (χ0v) is 14.7. The third-order valence-electron chi connectivity index (χ3n) is 4.05. The molecule has 0 bridgehead atoms. The van der Waals surface area contributed by atoms with Gasteiger partial charge in [0.15, 0.2) is 11.6 Å². The van der Waals surface area contributed by atoms with E-state index < -0.39 is 0 Å². The summed E-state index contributed by atoms with van der Waals surface area (Å²) in [5.41, 5.74) is 0.0946. The number of nitrogens with zero attached hydrogens (tertiary/aromatic N) is 3. The molecule has 7 heteroatoms. The van der Waals surface area contributed by atoms with E-state index in [2.05, 4.69) is 15.4 Å². The summed E-state index contributed by atoms with van der Waals surface area (Å²) in [6.07, 6.45) is 4.38. The van der Waals surface area contributed by atoms with Crippen molar-refractivity contribution in [2.75, 3.05) is 0 Å². The molecule has 1 saturated carbocycles. The predicted octanol–water partition coefficient (Wildman–Crippen LogP) is 2.42. The number of rotatable bonds is 4. The van der Waals surface area contributed by atoms with Crippen molar-refractivity contribution in [3.05, 3.63) is 35.8 Å². The molecule has 0 aliphatic heterocycles. The number of hydrogen-bond acceptors (Lipinski definition) is 5. The lowest BCUT2D eigenvalue weighted by molar-refractivity contribution is -0.132. The summed E-state index contributed by atoms with van der Waals surface area (Å²) in [5.74, 6) is 0.798. The van der Waals surface area contributed by atoms with Crippen LogP contribution in [0.15, 0.2) is 22.9 Å². The van der Waals surface area contributed by atoms with Crippen molar-refractivity contribution in [1.82, 2.24) is 20.1 Å². The summed E-state index contributed by atoms with van der Waals surface area (Å²) in [6.45, 7) is 9.56. The van der Waals surface area contributed by atoms with Gasteiger partial charge < -0.3 is 14.5 Å². The molecule has 1 fully saturated rings. The maximum absolute atomic E-state index is 12.5. The second kappa shape index (κ2) is 6.05. The number of aryl methyl sites for hydroxylation is 2. The Labute approximate surface area is 141 Å². The van der Waals surface area contributed by atoms with Gasteiger partial charge in [0.25, 0.3) is 5.91 Å². The minimum Gasteiger partial charge on any atom is -0.445 e. The van der Waals surface area contributed by atoms with Crippen LogP contribution >= 0.6 is 0 Å². The van der Waals surface area contributed by atoms with Gasteiger partial charge in [-0.15, -0.1) is 0 Å². The molecule has 2 heterocycles. The van der Waals surface area contributed by atoms with Crippen molar-refractivity contribution < 1.29 is 13.9 Å². The van der Waals surface area contributed by atoms with Gasteiger partial charge >= 0.3 is 0 Å². The van der Waals surface area contributed by atoms with E-state index in [9.17, 15) is 4.79 Å². The summed E-state index contributed by atoms with van der Waals surface area (Å²) in [5, 5.41) is 7.36. The van der Waals surface area contributed by atoms with Gasteiger partial charge in [0.1, 0.15) is 5.76 Å². The Kier molecular flexibility index (Phi) is 4.21. The highest BCUT2D eigenvalue weighted by atomic mass is 16.5. The summed E-state index contributed by atoms with van der Waals surface area (Å²) < 4.78 is 13.3. The number of carbonyl (C=O) groups excluding carboxylic acids is 1. The molecule has 2 aromatic heterocycles. The van der Waals surface area contributed by atoms with Gasteiger partial charge in [-0.05, 0) is 40.2 Å². The molecular weight excluding hydrogens is 308 g/mol. The first-order valence-corrected chi connectivity index (χ1v) is 8.16. The van der Waals surface area contributed by atoms with E-state index in [4.69, 9.17) is 9.15 Å². The Morgan fingerprint density at radius 3 is 2.71 bits per heavy atom. The van der Waals surface area contributed by atoms with E-state index in [1.165, 1.54) is 0 Å². The fourth-order valence-corrected chi connectivity index (χ4v) is 3.10. The van der Waals surface area contributed by atoms with Gasteiger partial charge in [-0.1, -0.05) is 0 Å². The molecule has 0 radical (unpaired) electrons. The maximum Gasteiger partial charge on any atom is 0.273 e. The van der Waals surface area contributed by atoms with E-state index in [1.54, 1.807) is 20.0 Å². The van der Waals surface area contributed by atoms with Gasteiger partial charge in [0, 0.05) is 19.3 Å². The van der Waals surface area contributed by atoms with Gasteiger partial charge in [-0.2, -0.15) is 5.10 Å². The number of nitrogens with one attached hydrogen (secondary N) is 1. The van der Waals surface area contributed by atoms with Crippen LogP contribution in [0.4, 0.5) is 0 Å². The molecule has 1 aliphatic rings. The van der Waals surface area contributed by atoms with E-state index >= 15 is 0 Å². The fraction of sp³-hybridized carbons (Fsp3) is 0.588. The van der Waals surface area contributed by atoms with Crippen molar-refractivity contribution in [3.8, 4) is 0 Å². The second-order valence-corrected chi connectivity index (χ2v) is 7.20. The van der Waals surface area contributed by atoms with E-state index in [-0.39, 0.29) is 29.7 Å². The lowest BCUT2D eigenvalue weighted by Crippen LogP contribution is -2.58. The van der Waals surface area contributed by atoms with Crippen LogP contribution in [-0.4, -0.2) is 38.4 Å². The normalized spacial score (nSPS) is 23.8. The van der Waals surface area contributed by atoms with Crippen LogP contribution in [0.25, 0.3) is 0 Å². The van der Waals surface area contributed by atoms with Crippen molar-refractivity contribution in [2.24, 2.45) is 0 Å². The molecule has 130 valence electrons. The van der Waals surface area contributed by atoms with Gasteiger partial charge in [0.2, 0.25) is 0 Å². The molecule has 1 amide bonds. The first kappa shape index (κ1) is 16.7. The Bertz CT molecular complexity index is 715. The average Bonchev–Trinajstić information content (AvgIpc) is 3.05. The molecule has 0 saturated heterocycles. The molecule has 1 aliphatic carbocycles. The molecule has 3 rings (SSSR count). The number of carbonyl (C=O) groups is 1. The van der Waals surface area contributed by atoms with Crippen molar-refractivity contribution >= 4 is 5.91 Å². The Balaban J connectivity index is 1.73. The summed E-state index contributed by atoms with van der Waals surface area (Å²) in [7, 11) is 0. The number of hydrogen-bond donors (Lipinski definition) is 1.